The van der Waals surface area contributed by atoms with E-state index in [1.807, 2.05) is 26.8 Å². The van der Waals surface area contributed by atoms with Gasteiger partial charge < -0.3 is 13.9 Å². The molecule has 1 atom stereocenters. The molecule has 5 nitrogen and oxygen atoms in total. The van der Waals surface area contributed by atoms with E-state index in [4.69, 9.17) is 13.9 Å². The first-order valence-electron chi connectivity index (χ1n) is 8.34. The summed E-state index contributed by atoms with van der Waals surface area (Å²) in [4.78, 5) is 23.4. The van der Waals surface area contributed by atoms with Crippen LogP contribution in [0.3, 0.4) is 0 Å². The summed E-state index contributed by atoms with van der Waals surface area (Å²) in [6.45, 7) is 5.85. The summed E-state index contributed by atoms with van der Waals surface area (Å²) in [5.41, 5.74) is 0.414. The highest BCUT2D eigenvalue weighted by molar-refractivity contribution is 5.79. The molecule has 1 aliphatic rings. The van der Waals surface area contributed by atoms with Gasteiger partial charge in [-0.15, -0.1) is 0 Å². The fourth-order valence-electron chi connectivity index (χ4n) is 2.92. The molecular formula is C19H22O5. The second-order valence-electron chi connectivity index (χ2n) is 6.74. The third-order valence-corrected chi connectivity index (χ3v) is 4.36. The van der Waals surface area contributed by atoms with Crippen LogP contribution in [0.2, 0.25) is 0 Å². The number of unbranched alkanes of at least 4 members (excludes halogenated alkanes) is 1. The Morgan fingerprint density at radius 1 is 1.33 bits per heavy atom. The van der Waals surface area contributed by atoms with Crippen LogP contribution in [0.4, 0.5) is 0 Å². The molecule has 5 heteroatoms. The largest absolute Gasteiger partial charge is 0.484 e. The van der Waals surface area contributed by atoms with Gasteiger partial charge in [-0.1, -0.05) is 13.3 Å². The highest BCUT2D eigenvalue weighted by Crippen LogP contribution is 2.37. The molecule has 1 aliphatic heterocycles. The summed E-state index contributed by atoms with van der Waals surface area (Å²) >= 11 is 0. The molecule has 2 heterocycles. The Balaban J connectivity index is 1.89. The smallest absolute Gasteiger partial charge is 0.336 e. The van der Waals surface area contributed by atoms with Gasteiger partial charge in [0.15, 0.2) is 0 Å². The first kappa shape index (κ1) is 16.6. The Labute approximate surface area is 140 Å². The van der Waals surface area contributed by atoms with E-state index in [9.17, 15) is 9.59 Å². The fourth-order valence-corrected chi connectivity index (χ4v) is 2.92. The number of hydrogen-bond donors (Lipinski definition) is 0. The first-order valence-corrected chi connectivity index (χ1v) is 8.34. The summed E-state index contributed by atoms with van der Waals surface area (Å²) in [6, 6.07) is 6.78. The number of fused-ring (bicyclic) bond motifs is 2. The van der Waals surface area contributed by atoms with Crippen molar-refractivity contribution < 1.29 is 18.7 Å². The van der Waals surface area contributed by atoms with Crippen LogP contribution < -0.4 is 10.4 Å². The van der Waals surface area contributed by atoms with Gasteiger partial charge in [-0.2, -0.15) is 0 Å². The summed E-state index contributed by atoms with van der Waals surface area (Å²) in [7, 11) is 0. The van der Waals surface area contributed by atoms with Crippen LogP contribution in [0, 0.1) is 0 Å². The van der Waals surface area contributed by atoms with Gasteiger partial charge in [-0.3, -0.25) is 4.79 Å². The van der Waals surface area contributed by atoms with Crippen LogP contribution >= 0.6 is 0 Å². The second-order valence-corrected chi connectivity index (χ2v) is 6.74. The van der Waals surface area contributed by atoms with Gasteiger partial charge in [0.2, 0.25) is 0 Å². The number of esters is 1. The number of hydrogen-bond acceptors (Lipinski definition) is 5. The predicted molar refractivity (Wildman–Crippen MR) is 90.3 cm³/mol. The lowest BCUT2D eigenvalue weighted by molar-refractivity contribution is -0.161. The Morgan fingerprint density at radius 3 is 2.88 bits per heavy atom. The molecule has 2 aromatic rings. The minimum Gasteiger partial charge on any atom is -0.484 e. The van der Waals surface area contributed by atoms with Crippen LogP contribution in [0.5, 0.6) is 5.75 Å². The average molecular weight is 330 g/mol. The monoisotopic (exact) mass is 330 g/mol. The van der Waals surface area contributed by atoms with Crippen molar-refractivity contribution in [3.63, 3.8) is 0 Å². The van der Waals surface area contributed by atoms with Crippen molar-refractivity contribution in [2.45, 2.75) is 58.2 Å². The molecule has 0 N–H and O–H groups in total. The molecular weight excluding hydrogens is 308 g/mol. The van der Waals surface area contributed by atoms with E-state index < -0.39 is 5.60 Å². The first-order chi connectivity index (χ1) is 11.4. The lowest BCUT2D eigenvalue weighted by atomic mass is 9.90. The van der Waals surface area contributed by atoms with Crippen molar-refractivity contribution in [2.75, 3.05) is 0 Å². The van der Waals surface area contributed by atoms with Gasteiger partial charge in [0.05, 0.1) is 0 Å². The summed E-state index contributed by atoms with van der Waals surface area (Å²) in [5.74, 6) is 0.483. The number of carbonyl (C=O) groups excluding carboxylic acids is 1. The lowest BCUT2D eigenvalue weighted by Crippen LogP contribution is -2.48. The molecule has 0 fully saturated rings. The summed E-state index contributed by atoms with van der Waals surface area (Å²) in [5, 5.41) is 0.827. The lowest BCUT2D eigenvalue weighted by Gasteiger charge is -2.39. The molecule has 0 bridgehead atoms. The Hall–Kier alpha value is -2.30. The zero-order valence-corrected chi connectivity index (χ0v) is 14.3. The Morgan fingerprint density at radius 2 is 2.12 bits per heavy atom. The van der Waals surface area contributed by atoms with Crippen molar-refractivity contribution in [1.82, 2.24) is 0 Å². The molecule has 0 radical (unpaired) electrons. The van der Waals surface area contributed by atoms with E-state index >= 15 is 0 Å². The van der Waals surface area contributed by atoms with E-state index in [-0.39, 0.29) is 17.7 Å². The molecule has 0 saturated carbocycles. The summed E-state index contributed by atoms with van der Waals surface area (Å²) < 4.78 is 16.9. The van der Waals surface area contributed by atoms with Crippen molar-refractivity contribution in [1.29, 1.82) is 0 Å². The molecule has 1 aromatic heterocycles. The maximum atomic E-state index is 12.0. The number of benzene rings is 1. The van der Waals surface area contributed by atoms with E-state index in [1.54, 1.807) is 12.1 Å². The minimum atomic E-state index is -0.641. The fraction of sp³-hybridized carbons (Fsp3) is 0.474. The van der Waals surface area contributed by atoms with Crippen molar-refractivity contribution in [3.8, 4) is 5.75 Å². The van der Waals surface area contributed by atoms with Gasteiger partial charge in [-0.05, 0) is 38.0 Å². The molecule has 0 unspecified atom stereocenters. The number of rotatable bonds is 4. The van der Waals surface area contributed by atoms with Crippen LogP contribution in [0.25, 0.3) is 11.0 Å². The molecule has 0 saturated heterocycles. The minimum absolute atomic E-state index is 0.186. The van der Waals surface area contributed by atoms with Crippen LogP contribution in [-0.4, -0.2) is 17.7 Å². The van der Waals surface area contributed by atoms with Crippen LogP contribution in [0.15, 0.2) is 33.5 Å². The van der Waals surface area contributed by atoms with Gasteiger partial charge in [0.25, 0.3) is 0 Å². The van der Waals surface area contributed by atoms with Gasteiger partial charge in [0.1, 0.15) is 23.0 Å². The highest BCUT2D eigenvalue weighted by atomic mass is 16.6. The molecule has 128 valence electrons. The van der Waals surface area contributed by atoms with E-state index in [1.165, 1.54) is 6.07 Å². The predicted octanol–water partition coefficient (Wildman–Crippen LogP) is 3.61. The highest BCUT2D eigenvalue weighted by Gasteiger charge is 2.39. The van der Waals surface area contributed by atoms with Gasteiger partial charge in [0, 0.05) is 30.4 Å². The van der Waals surface area contributed by atoms with Gasteiger partial charge >= 0.3 is 11.6 Å². The Kier molecular flexibility index (Phi) is 4.35. The van der Waals surface area contributed by atoms with Crippen molar-refractivity contribution in [3.05, 3.63) is 40.2 Å². The number of ether oxygens (including phenoxy) is 2. The zero-order valence-electron chi connectivity index (χ0n) is 14.3. The summed E-state index contributed by atoms with van der Waals surface area (Å²) in [6.07, 6.45) is 2.45. The zero-order chi connectivity index (χ0) is 17.3. The van der Waals surface area contributed by atoms with Gasteiger partial charge in [-0.25, -0.2) is 4.79 Å². The topological polar surface area (TPSA) is 65.7 Å². The molecule has 1 aromatic carbocycles. The van der Waals surface area contributed by atoms with E-state index in [0.29, 0.717) is 24.2 Å². The third-order valence-electron chi connectivity index (χ3n) is 4.36. The quantitative estimate of drug-likeness (QED) is 0.633. The molecule has 3 rings (SSSR count). The second kappa shape index (κ2) is 6.30. The maximum Gasteiger partial charge on any atom is 0.336 e. The van der Waals surface area contributed by atoms with Crippen LogP contribution in [-0.2, 0) is 16.0 Å². The van der Waals surface area contributed by atoms with E-state index in [2.05, 4.69) is 0 Å². The third kappa shape index (κ3) is 3.30. The van der Waals surface area contributed by atoms with Crippen molar-refractivity contribution in [2.24, 2.45) is 0 Å². The number of carbonyl (C=O) groups is 1. The standard InChI is InChI=1S/C19H22O5/c1-4-5-6-17(20)23-16-10-13-9-12-7-8-18(21)22-14(12)11-15(13)24-19(16,2)3/h7-9,11,16H,4-6,10H2,1-3H3/t16-/m0/s1. The molecule has 0 spiro atoms. The maximum absolute atomic E-state index is 12.0. The van der Waals surface area contributed by atoms with Crippen molar-refractivity contribution >= 4 is 16.9 Å². The van der Waals surface area contributed by atoms with Crippen LogP contribution in [0.1, 0.15) is 45.6 Å². The average Bonchev–Trinajstić information content (AvgIpc) is 2.51. The Bertz CT molecular complexity index is 818. The van der Waals surface area contributed by atoms with E-state index in [0.717, 1.165) is 23.8 Å². The molecule has 24 heavy (non-hydrogen) atoms. The molecule has 0 amide bonds. The SMILES string of the molecule is CCCCC(=O)O[C@H]1Cc2cc3ccc(=O)oc3cc2OC1(C)C. The normalized spacial score (nSPS) is 18.7. The molecule has 0 aliphatic carbocycles.